The molecule has 6 aromatic carbocycles. The van der Waals surface area contributed by atoms with E-state index in [4.69, 9.17) is 0 Å². The Hall–Kier alpha value is -5.26. The predicted octanol–water partition coefficient (Wildman–Crippen LogP) is 14.9. The Kier molecular flexibility index (Phi) is 7.84. The summed E-state index contributed by atoms with van der Waals surface area (Å²) >= 11 is 2.00. The van der Waals surface area contributed by atoms with Crippen LogP contribution in [0.1, 0.15) is 143 Å². The highest BCUT2D eigenvalue weighted by atomic mass is 32.1. The average Bonchev–Trinajstić information content (AvgIpc) is 3.96. The van der Waals surface area contributed by atoms with Crippen molar-refractivity contribution in [1.82, 2.24) is 4.57 Å². The maximum Gasteiger partial charge on any atom is 0.252 e. The Balaban J connectivity index is 1.15. The number of fused-ring (bicyclic) bond motifs is 15. The van der Waals surface area contributed by atoms with Crippen LogP contribution in [0, 0.1) is 0 Å². The summed E-state index contributed by atoms with van der Waals surface area (Å²) in [6.07, 6.45) is 9.84. The van der Waals surface area contributed by atoms with E-state index in [0.717, 1.165) is 0 Å². The van der Waals surface area contributed by atoms with Gasteiger partial charge in [-0.05, 0) is 137 Å². The predicted molar refractivity (Wildman–Crippen MR) is 289 cm³/mol. The Morgan fingerprint density at radius 1 is 0.522 bits per heavy atom. The summed E-state index contributed by atoms with van der Waals surface area (Å²) in [4.78, 5) is 5.85. The van der Waals surface area contributed by atoms with E-state index in [1.807, 2.05) is 11.3 Å². The molecule has 4 aliphatic heterocycles. The molecule has 3 nitrogen and oxygen atoms in total. The van der Waals surface area contributed by atoms with E-state index >= 15 is 0 Å². The lowest BCUT2D eigenvalue weighted by Crippen LogP contribution is -2.64. The molecular weight excluding hydrogens is 830 g/mol. The van der Waals surface area contributed by atoms with Crippen LogP contribution >= 0.6 is 11.3 Å². The standard InChI is InChI=1S/C62H64BN3S/c1-57(2,3)39-31-43-53-46(33-39)63-47-34-40(58(4,5)6)32-45-55(47)66(62(10)29-19-17-27-60(45,62)8)50-36-41(35-49(52(50)63)64(53)54-42-22-14-15-23-51(42)67-56(43)54)65-48-25-24-38(37-20-12-11-13-21-37)30-44(48)59(7)26-16-18-28-61(59,65)9/h11-15,20-25,30-36H,16-19,26-29H2,1-10H3. The first-order chi connectivity index (χ1) is 32.0. The van der Waals surface area contributed by atoms with Gasteiger partial charge < -0.3 is 14.4 Å². The first-order valence-electron chi connectivity index (χ1n) is 25.6. The smallest absolute Gasteiger partial charge is 0.252 e. The molecule has 2 aliphatic carbocycles. The van der Waals surface area contributed by atoms with Gasteiger partial charge in [0.15, 0.2) is 0 Å². The first kappa shape index (κ1) is 40.8. The van der Waals surface area contributed by atoms with Crippen LogP contribution < -0.4 is 26.2 Å². The summed E-state index contributed by atoms with van der Waals surface area (Å²) in [5.74, 6) is 0. The van der Waals surface area contributed by atoms with Crippen molar-refractivity contribution in [3.8, 4) is 16.8 Å². The second-order valence-electron chi connectivity index (χ2n) is 24.8. The normalized spacial score (nSPS) is 25.7. The van der Waals surface area contributed by atoms with E-state index in [2.05, 4.69) is 193 Å². The van der Waals surface area contributed by atoms with E-state index in [1.54, 1.807) is 5.56 Å². The Labute approximate surface area is 402 Å². The second kappa shape index (κ2) is 12.9. The molecule has 14 rings (SSSR count). The number of aromatic nitrogens is 1. The number of nitrogens with zero attached hydrogens (tertiary/aromatic N) is 3. The molecule has 336 valence electrons. The average molecular weight is 894 g/mol. The fourth-order valence-electron chi connectivity index (χ4n) is 15.2. The van der Waals surface area contributed by atoms with Crippen LogP contribution in [0.2, 0.25) is 0 Å². The zero-order chi connectivity index (χ0) is 45.9. The van der Waals surface area contributed by atoms with Gasteiger partial charge in [0.2, 0.25) is 0 Å². The van der Waals surface area contributed by atoms with Crippen LogP contribution in [0.4, 0.5) is 22.7 Å². The number of benzene rings is 6. The van der Waals surface area contributed by atoms with E-state index in [9.17, 15) is 0 Å². The maximum atomic E-state index is 2.97. The molecule has 4 unspecified atom stereocenters. The molecule has 8 aromatic rings. The molecule has 6 heterocycles. The van der Waals surface area contributed by atoms with Gasteiger partial charge in [0.25, 0.3) is 6.71 Å². The molecular formula is C62H64BN3S. The topological polar surface area (TPSA) is 11.4 Å². The van der Waals surface area contributed by atoms with Gasteiger partial charge in [-0.15, -0.1) is 11.3 Å². The lowest BCUT2D eigenvalue weighted by Gasteiger charge is -2.53. The van der Waals surface area contributed by atoms with Crippen LogP contribution in [0.3, 0.4) is 0 Å². The summed E-state index contributed by atoms with van der Waals surface area (Å²) in [6.45, 7) is 25.2. The maximum absolute atomic E-state index is 2.97. The molecule has 6 aliphatic rings. The lowest BCUT2D eigenvalue weighted by molar-refractivity contribution is 0.194. The highest BCUT2D eigenvalue weighted by Crippen LogP contribution is 2.65. The molecule has 67 heavy (non-hydrogen) atoms. The SMILES string of the molecule is CC(C)(C)c1cc2c3c(c1)C1(C)CCCCC1(C)N3c1cc(N3c4ccc(-c5ccccc5)cc4C4(C)CCCCC34C)cc3c1B2c1cc(C(C)(C)C)cc2c4sc5ccccc5c4n-3c12. The quantitative estimate of drug-likeness (QED) is 0.160. The largest absolute Gasteiger partial charge is 0.335 e. The minimum absolute atomic E-state index is 0.000759. The summed E-state index contributed by atoms with van der Waals surface area (Å²) in [5.41, 5.74) is 22.9. The van der Waals surface area contributed by atoms with Crippen molar-refractivity contribution in [2.24, 2.45) is 0 Å². The molecule has 5 heteroatoms. The second-order valence-corrected chi connectivity index (χ2v) is 25.8. The van der Waals surface area contributed by atoms with Gasteiger partial charge in [-0.25, -0.2) is 0 Å². The van der Waals surface area contributed by atoms with Crippen molar-refractivity contribution in [3.63, 3.8) is 0 Å². The van der Waals surface area contributed by atoms with E-state index < -0.39 is 0 Å². The fourth-order valence-corrected chi connectivity index (χ4v) is 16.4. The van der Waals surface area contributed by atoms with Crippen molar-refractivity contribution < 1.29 is 0 Å². The molecule has 2 aromatic heterocycles. The highest BCUT2D eigenvalue weighted by Gasteiger charge is 2.63. The van der Waals surface area contributed by atoms with Crippen molar-refractivity contribution in [2.75, 3.05) is 9.80 Å². The van der Waals surface area contributed by atoms with E-state index in [0.29, 0.717) is 0 Å². The van der Waals surface area contributed by atoms with Gasteiger partial charge in [0, 0.05) is 54.7 Å². The molecule has 0 bridgehead atoms. The highest BCUT2D eigenvalue weighted by molar-refractivity contribution is 7.26. The van der Waals surface area contributed by atoms with Crippen molar-refractivity contribution in [1.29, 1.82) is 0 Å². The van der Waals surface area contributed by atoms with Crippen molar-refractivity contribution >= 4 is 88.4 Å². The number of thiophene rings is 1. The van der Waals surface area contributed by atoms with E-state index in [-0.39, 0.29) is 39.5 Å². The first-order valence-corrected chi connectivity index (χ1v) is 26.5. The van der Waals surface area contributed by atoms with Crippen LogP contribution in [-0.4, -0.2) is 22.4 Å². The zero-order valence-corrected chi connectivity index (χ0v) is 42.2. The third kappa shape index (κ3) is 4.90. The molecule has 0 saturated heterocycles. The van der Waals surface area contributed by atoms with Gasteiger partial charge in [0.1, 0.15) is 0 Å². The molecule has 0 radical (unpaired) electrons. The Morgan fingerprint density at radius 3 is 1.88 bits per heavy atom. The minimum Gasteiger partial charge on any atom is -0.335 e. The van der Waals surface area contributed by atoms with Crippen LogP contribution in [0.25, 0.3) is 48.0 Å². The number of anilines is 4. The van der Waals surface area contributed by atoms with Crippen LogP contribution in [0.5, 0.6) is 0 Å². The van der Waals surface area contributed by atoms with E-state index in [1.165, 1.54) is 155 Å². The number of rotatable bonds is 2. The van der Waals surface area contributed by atoms with Gasteiger partial charge in [-0.3, -0.25) is 0 Å². The van der Waals surface area contributed by atoms with Crippen molar-refractivity contribution in [2.45, 2.75) is 153 Å². The Bertz CT molecular complexity index is 3490. The third-order valence-corrected chi connectivity index (χ3v) is 20.5. The van der Waals surface area contributed by atoms with Crippen molar-refractivity contribution in [3.05, 3.63) is 131 Å². The third-order valence-electron chi connectivity index (χ3n) is 19.3. The monoisotopic (exact) mass is 893 g/mol. The van der Waals surface area contributed by atoms with Crippen LogP contribution in [0.15, 0.2) is 109 Å². The molecule has 0 N–H and O–H groups in total. The minimum atomic E-state index is -0.0958. The molecule has 2 fully saturated rings. The van der Waals surface area contributed by atoms with Gasteiger partial charge >= 0.3 is 0 Å². The number of hydrogen-bond acceptors (Lipinski definition) is 3. The number of hydrogen-bond donors (Lipinski definition) is 0. The van der Waals surface area contributed by atoms with Gasteiger partial charge in [0.05, 0.1) is 26.8 Å². The van der Waals surface area contributed by atoms with Gasteiger partial charge in [-0.1, -0.05) is 154 Å². The molecule has 0 spiro atoms. The fraction of sp³-hybridized carbons (Fsp3) is 0.387. The Morgan fingerprint density at radius 2 is 1.15 bits per heavy atom. The molecule has 4 atom stereocenters. The summed E-state index contributed by atoms with van der Waals surface area (Å²) < 4.78 is 5.59. The molecule has 0 amide bonds. The summed E-state index contributed by atoms with van der Waals surface area (Å²) in [7, 11) is 0. The zero-order valence-electron chi connectivity index (χ0n) is 41.4. The lowest BCUT2D eigenvalue weighted by atomic mass is 9.33. The summed E-state index contributed by atoms with van der Waals surface area (Å²) in [5, 5.41) is 2.79. The van der Waals surface area contributed by atoms with Crippen LogP contribution in [-0.2, 0) is 21.7 Å². The molecule has 2 saturated carbocycles. The van der Waals surface area contributed by atoms with Gasteiger partial charge in [-0.2, -0.15) is 0 Å². The summed E-state index contributed by atoms with van der Waals surface area (Å²) in [6, 6.07) is 43.8.